The zero-order valence-electron chi connectivity index (χ0n) is 14.3. The molecule has 1 aliphatic carbocycles. The van der Waals surface area contributed by atoms with E-state index in [-0.39, 0.29) is 35.2 Å². The molecule has 144 valence electrons. The lowest BCUT2D eigenvalue weighted by molar-refractivity contribution is -0.137. The number of carbonyl (C=O) groups excluding carboxylic acids is 1. The molecule has 1 aliphatic heterocycles. The van der Waals surface area contributed by atoms with Crippen LogP contribution in [0.1, 0.15) is 27.5 Å². The summed E-state index contributed by atoms with van der Waals surface area (Å²) >= 11 is 0. The molecule has 0 bridgehead atoms. The number of nitrogens with zero attached hydrogens (tertiary/aromatic N) is 4. The van der Waals surface area contributed by atoms with Crippen LogP contribution in [0.2, 0.25) is 0 Å². The van der Waals surface area contributed by atoms with E-state index in [0.717, 1.165) is 12.3 Å². The number of alkyl halides is 3. The third-order valence-electron chi connectivity index (χ3n) is 5.57. The van der Waals surface area contributed by atoms with Crippen molar-refractivity contribution in [3.8, 4) is 0 Å². The van der Waals surface area contributed by atoms with Gasteiger partial charge in [-0.1, -0.05) is 0 Å². The molecule has 2 aliphatic rings. The number of hydrogen-bond acceptors (Lipinski definition) is 6. The minimum Gasteiger partial charge on any atom is -0.445 e. The molecule has 0 spiro atoms. The van der Waals surface area contributed by atoms with E-state index in [1.54, 1.807) is 4.90 Å². The summed E-state index contributed by atoms with van der Waals surface area (Å²) in [6.45, 7) is 1.02. The monoisotopic (exact) mass is 389 g/mol. The highest BCUT2D eigenvalue weighted by Gasteiger charge is 2.58. The van der Waals surface area contributed by atoms with Gasteiger partial charge < -0.3 is 15.1 Å². The lowest BCUT2D eigenvalue weighted by atomic mass is 10.1. The average molecular weight is 389 g/mol. The van der Waals surface area contributed by atoms with Crippen LogP contribution in [0.5, 0.6) is 0 Å². The molecule has 1 amide bonds. The third-order valence-corrected chi connectivity index (χ3v) is 5.57. The maximum absolute atomic E-state index is 12.9. The minimum absolute atomic E-state index is 0.0841. The van der Waals surface area contributed by atoms with Gasteiger partial charge in [0.2, 0.25) is 5.71 Å². The number of furan rings is 1. The van der Waals surface area contributed by atoms with Crippen molar-refractivity contribution in [2.75, 3.05) is 18.8 Å². The number of halogens is 3. The number of amides is 1. The molecule has 3 aromatic rings. The molecular weight excluding hydrogens is 375 g/mol. The van der Waals surface area contributed by atoms with Gasteiger partial charge in [0.1, 0.15) is 18.4 Å². The molecular formula is C18H14F3N5O2. The number of piperidine rings is 1. The molecule has 0 aromatic carbocycles. The van der Waals surface area contributed by atoms with E-state index >= 15 is 0 Å². The van der Waals surface area contributed by atoms with Gasteiger partial charge in [-0.25, -0.2) is 9.97 Å². The second kappa shape index (κ2) is 5.66. The first kappa shape index (κ1) is 17.0. The lowest BCUT2D eigenvalue weighted by Crippen LogP contribution is -2.31. The number of carbonyl (C=O) groups is 1. The van der Waals surface area contributed by atoms with Crippen molar-refractivity contribution in [3.63, 3.8) is 0 Å². The van der Waals surface area contributed by atoms with Gasteiger partial charge in [0.25, 0.3) is 5.91 Å². The fourth-order valence-electron chi connectivity index (χ4n) is 4.13. The van der Waals surface area contributed by atoms with Crippen LogP contribution < -0.4 is 5.73 Å². The fraction of sp³-hybridized carbons (Fsp3) is 0.333. The van der Waals surface area contributed by atoms with Crippen LogP contribution in [0.4, 0.5) is 19.0 Å². The molecule has 7 nitrogen and oxygen atoms in total. The van der Waals surface area contributed by atoms with Gasteiger partial charge in [-0.15, -0.1) is 0 Å². The molecule has 0 radical (unpaired) electrons. The van der Waals surface area contributed by atoms with Crippen LogP contribution in [0, 0.1) is 11.8 Å². The largest absolute Gasteiger partial charge is 0.445 e. The zero-order chi connectivity index (χ0) is 19.6. The summed E-state index contributed by atoms with van der Waals surface area (Å²) in [5.74, 6) is 0.436. The summed E-state index contributed by atoms with van der Waals surface area (Å²) in [7, 11) is 0. The van der Waals surface area contributed by atoms with Crippen molar-refractivity contribution in [2.45, 2.75) is 12.1 Å². The first-order chi connectivity index (χ1) is 13.3. The number of anilines is 1. The van der Waals surface area contributed by atoms with E-state index in [4.69, 9.17) is 10.2 Å². The molecule has 2 N–H and O–H groups in total. The Morgan fingerprint density at radius 2 is 1.93 bits per heavy atom. The summed E-state index contributed by atoms with van der Waals surface area (Å²) in [6.07, 6.45) is -0.932. The van der Waals surface area contributed by atoms with Crippen LogP contribution in [0.25, 0.3) is 11.1 Å². The van der Waals surface area contributed by atoms with Crippen molar-refractivity contribution < 1.29 is 22.4 Å². The lowest BCUT2D eigenvalue weighted by Gasteiger charge is -2.19. The van der Waals surface area contributed by atoms with E-state index in [2.05, 4.69) is 15.0 Å². The highest BCUT2D eigenvalue weighted by molar-refractivity contribution is 6.08. The molecule has 2 fully saturated rings. The van der Waals surface area contributed by atoms with Gasteiger partial charge in [0.05, 0.1) is 16.5 Å². The summed E-state index contributed by atoms with van der Waals surface area (Å²) in [6, 6.07) is 2.49. The third kappa shape index (κ3) is 2.51. The number of pyridine rings is 1. The SMILES string of the molecule is Nc1ncnc2occ(C(=O)N3C[C@@H]4C(c5ccc(C(F)(F)F)cn5)[C@@H]4C3)c12. The smallest absolute Gasteiger partial charge is 0.417 e. The van der Waals surface area contributed by atoms with Gasteiger partial charge in [-0.3, -0.25) is 9.78 Å². The standard InChI is InChI=1S/C18H14F3N5O2/c19-18(20,21)8-1-2-12(23-3-8)13-9-4-26(5-10(9)13)17(27)11-6-28-16-14(11)15(22)24-7-25-16/h1-3,6-7,9-10,13H,4-5H2,(H2,22,24,25)/t9-,10+,13?. The molecule has 1 unspecified atom stereocenters. The van der Waals surface area contributed by atoms with Gasteiger partial charge in [-0.05, 0) is 24.0 Å². The predicted molar refractivity (Wildman–Crippen MR) is 91.1 cm³/mol. The number of likely N-dealkylation sites (tertiary alicyclic amines) is 1. The van der Waals surface area contributed by atoms with Crippen LogP contribution >= 0.6 is 0 Å². The number of nitrogen functional groups attached to an aromatic ring is 1. The van der Waals surface area contributed by atoms with Crippen LogP contribution in [0.3, 0.4) is 0 Å². The van der Waals surface area contributed by atoms with E-state index in [0.29, 0.717) is 29.7 Å². The van der Waals surface area contributed by atoms with Crippen LogP contribution in [-0.2, 0) is 6.18 Å². The van der Waals surface area contributed by atoms with Crippen LogP contribution in [-0.4, -0.2) is 38.8 Å². The van der Waals surface area contributed by atoms with E-state index in [9.17, 15) is 18.0 Å². The second-order valence-corrected chi connectivity index (χ2v) is 7.12. The van der Waals surface area contributed by atoms with E-state index < -0.39 is 11.7 Å². The van der Waals surface area contributed by atoms with Crippen molar-refractivity contribution in [1.82, 2.24) is 19.9 Å². The molecule has 10 heteroatoms. The van der Waals surface area contributed by atoms with E-state index in [1.165, 1.54) is 18.7 Å². The Hall–Kier alpha value is -3.17. The van der Waals surface area contributed by atoms with Crippen molar-refractivity contribution >= 4 is 22.8 Å². The number of rotatable bonds is 2. The Bertz CT molecular complexity index is 1070. The van der Waals surface area contributed by atoms with Gasteiger partial charge >= 0.3 is 6.18 Å². The molecule has 5 rings (SSSR count). The maximum atomic E-state index is 12.9. The first-order valence-electron chi connectivity index (χ1n) is 8.64. The van der Waals surface area contributed by atoms with Gasteiger partial charge in [0.15, 0.2) is 0 Å². The summed E-state index contributed by atoms with van der Waals surface area (Å²) in [5, 5.41) is 0.397. The van der Waals surface area contributed by atoms with E-state index in [1.807, 2.05) is 0 Å². The van der Waals surface area contributed by atoms with Gasteiger partial charge in [0, 0.05) is 30.9 Å². The Balaban J connectivity index is 1.30. The Kier molecular flexibility index (Phi) is 3.43. The Labute approximate surface area is 156 Å². The highest BCUT2D eigenvalue weighted by Crippen LogP contribution is 2.58. The zero-order valence-corrected chi connectivity index (χ0v) is 14.3. The maximum Gasteiger partial charge on any atom is 0.417 e. The topological polar surface area (TPSA) is 98.1 Å². The van der Waals surface area contributed by atoms with Crippen molar-refractivity contribution in [2.24, 2.45) is 11.8 Å². The molecule has 28 heavy (non-hydrogen) atoms. The summed E-state index contributed by atoms with van der Waals surface area (Å²) in [4.78, 5) is 26.4. The summed E-state index contributed by atoms with van der Waals surface area (Å²) in [5.41, 5.74) is 6.30. The average Bonchev–Trinajstić information content (AvgIpc) is 3.01. The summed E-state index contributed by atoms with van der Waals surface area (Å²) < 4.78 is 43.3. The molecule has 1 saturated heterocycles. The second-order valence-electron chi connectivity index (χ2n) is 7.12. The van der Waals surface area contributed by atoms with Crippen LogP contribution in [0.15, 0.2) is 35.3 Å². The van der Waals surface area contributed by atoms with Crippen molar-refractivity contribution in [3.05, 3.63) is 47.7 Å². The number of aromatic nitrogens is 3. The first-order valence-corrected chi connectivity index (χ1v) is 8.64. The van der Waals surface area contributed by atoms with Gasteiger partial charge in [-0.2, -0.15) is 13.2 Å². The normalized spacial score (nSPS) is 23.8. The Morgan fingerprint density at radius 3 is 2.57 bits per heavy atom. The molecule has 1 saturated carbocycles. The molecule has 4 heterocycles. The molecule has 3 atom stereocenters. The number of hydrogen-bond donors (Lipinski definition) is 1. The predicted octanol–water partition coefficient (Wildman–Crippen LogP) is 2.70. The molecule has 3 aromatic heterocycles. The van der Waals surface area contributed by atoms with Crippen molar-refractivity contribution in [1.29, 1.82) is 0 Å². The number of nitrogens with two attached hydrogens (primary N) is 1. The Morgan fingerprint density at radius 1 is 1.18 bits per heavy atom. The highest BCUT2D eigenvalue weighted by atomic mass is 19.4. The number of fused-ring (bicyclic) bond motifs is 2. The quantitative estimate of drug-likeness (QED) is 0.724. The fourth-order valence-corrected chi connectivity index (χ4v) is 4.13. The minimum atomic E-state index is -4.40.